The van der Waals surface area contributed by atoms with E-state index in [4.69, 9.17) is 10.5 Å². The molecule has 20 heavy (non-hydrogen) atoms. The molecule has 0 aliphatic carbocycles. The molecule has 1 aromatic heterocycles. The lowest BCUT2D eigenvalue weighted by molar-refractivity contribution is 0.303. The fourth-order valence-corrected chi connectivity index (χ4v) is 1.94. The molecule has 6 nitrogen and oxygen atoms in total. The van der Waals surface area contributed by atoms with E-state index in [0.29, 0.717) is 12.6 Å². The molecule has 0 fully saturated rings. The van der Waals surface area contributed by atoms with Gasteiger partial charge in [0.15, 0.2) is 0 Å². The van der Waals surface area contributed by atoms with Gasteiger partial charge < -0.3 is 15.8 Å². The van der Waals surface area contributed by atoms with Crippen LogP contribution in [0.2, 0.25) is 0 Å². The number of nitrogens with zero attached hydrogens (tertiary/aromatic N) is 3. The number of nitrogens with two attached hydrogens (primary N) is 1. The van der Waals surface area contributed by atoms with E-state index in [1.54, 1.807) is 11.8 Å². The molecule has 106 valence electrons. The van der Waals surface area contributed by atoms with Crippen LogP contribution in [-0.2, 0) is 0 Å². The van der Waals surface area contributed by atoms with Gasteiger partial charge in [-0.1, -0.05) is 0 Å². The Hall–Kier alpha value is -2.02. The molecule has 3 N–H and O–H groups in total. The Morgan fingerprint density at radius 2 is 2.05 bits per heavy atom. The van der Waals surface area contributed by atoms with Crippen LogP contribution in [0.3, 0.4) is 0 Å². The van der Waals surface area contributed by atoms with Crippen molar-refractivity contribution in [3.05, 3.63) is 30.6 Å². The van der Waals surface area contributed by atoms with Crippen LogP contribution in [0.5, 0.6) is 5.75 Å². The number of ether oxygens (including phenoxy) is 1. The van der Waals surface area contributed by atoms with E-state index in [1.165, 1.54) is 11.2 Å². The molecule has 0 aliphatic rings. The number of aromatic nitrogens is 3. The monoisotopic (exact) mass is 291 g/mol. The number of hydrogen-bond donors (Lipinski definition) is 2. The predicted molar refractivity (Wildman–Crippen MR) is 81.0 cm³/mol. The minimum Gasteiger partial charge on any atom is -0.491 e. The zero-order valence-corrected chi connectivity index (χ0v) is 12.2. The average Bonchev–Trinajstić information content (AvgIpc) is 2.46. The third-order valence-corrected chi connectivity index (χ3v) is 3.27. The van der Waals surface area contributed by atoms with Crippen molar-refractivity contribution in [3.8, 4) is 5.75 Å². The van der Waals surface area contributed by atoms with Crippen molar-refractivity contribution in [2.24, 2.45) is 0 Å². The molecule has 0 saturated carbocycles. The maximum Gasteiger partial charge on any atom is 0.227 e. The summed E-state index contributed by atoms with van der Waals surface area (Å²) in [7, 11) is 0. The Labute approximate surface area is 122 Å². The predicted octanol–water partition coefficient (Wildman–Crippen LogP) is 2.06. The number of hydrogen-bond acceptors (Lipinski definition) is 7. The van der Waals surface area contributed by atoms with Crippen molar-refractivity contribution in [2.75, 3.05) is 23.9 Å². The van der Waals surface area contributed by atoms with Gasteiger partial charge in [-0.2, -0.15) is 4.98 Å². The third-order valence-electron chi connectivity index (χ3n) is 2.53. The minimum atomic E-state index is 0.0528. The SMILES string of the molecule is CSc1ccc(OCC(C)Nc2ncnc(N)n2)cc1. The molecule has 0 spiro atoms. The second-order valence-corrected chi connectivity index (χ2v) is 5.08. The van der Waals surface area contributed by atoms with Crippen molar-refractivity contribution >= 4 is 23.7 Å². The van der Waals surface area contributed by atoms with E-state index in [9.17, 15) is 0 Å². The molecule has 0 amide bonds. The van der Waals surface area contributed by atoms with Crippen LogP contribution in [0.4, 0.5) is 11.9 Å². The Bertz CT molecular complexity index is 549. The topological polar surface area (TPSA) is 86.0 Å². The van der Waals surface area contributed by atoms with E-state index in [0.717, 1.165) is 5.75 Å². The van der Waals surface area contributed by atoms with E-state index < -0.39 is 0 Å². The highest BCUT2D eigenvalue weighted by Gasteiger charge is 2.06. The second-order valence-electron chi connectivity index (χ2n) is 4.20. The lowest BCUT2D eigenvalue weighted by atomic mass is 10.3. The van der Waals surface area contributed by atoms with Gasteiger partial charge in [0.1, 0.15) is 18.7 Å². The zero-order valence-electron chi connectivity index (χ0n) is 11.4. The molecule has 2 aromatic rings. The highest BCUT2D eigenvalue weighted by atomic mass is 32.2. The van der Waals surface area contributed by atoms with Crippen LogP contribution in [0, 0.1) is 0 Å². The molecule has 1 unspecified atom stereocenters. The number of thioether (sulfide) groups is 1. The summed E-state index contributed by atoms with van der Waals surface area (Å²) in [6.07, 6.45) is 3.42. The van der Waals surface area contributed by atoms with E-state index in [-0.39, 0.29) is 12.0 Å². The Morgan fingerprint density at radius 3 is 2.70 bits per heavy atom. The molecule has 0 bridgehead atoms. The Kier molecular flexibility index (Phi) is 5.00. The number of nitrogen functional groups attached to an aromatic ring is 1. The van der Waals surface area contributed by atoms with Crippen molar-refractivity contribution in [1.29, 1.82) is 0 Å². The molecular weight excluding hydrogens is 274 g/mol. The van der Waals surface area contributed by atoms with Crippen molar-refractivity contribution in [1.82, 2.24) is 15.0 Å². The number of anilines is 2. The number of nitrogens with one attached hydrogen (secondary N) is 1. The van der Waals surface area contributed by atoms with Crippen LogP contribution in [0.1, 0.15) is 6.92 Å². The van der Waals surface area contributed by atoms with Gasteiger partial charge in [0.05, 0.1) is 6.04 Å². The average molecular weight is 291 g/mol. The van der Waals surface area contributed by atoms with Crippen LogP contribution in [-0.4, -0.2) is 33.9 Å². The highest BCUT2D eigenvalue weighted by molar-refractivity contribution is 7.98. The zero-order chi connectivity index (χ0) is 14.4. The molecule has 1 aromatic carbocycles. The summed E-state index contributed by atoms with van der Waals surface area (Å²) in [4.78, 5) is 12.9. The van der Waals surface area contributed by atoms with Gasteiger partial charge in [-0.05, 0) is 37.4 Å². The lowest BCUT2D eigenvalue weighted by Crippen LogP contribution is -2.24. The van der Waals surface area contributed by atoms with E-state index in [1.807, 2.05) is 37.4 Å². The first-order valence-corrected chi connectivity index (χ1v) is 7.38. The third kappa shape index (κ3) is 4.27. The summed E-state index contributed by atoms with van der Waals surface area (Å²) >= 11 is 1.70. The summed E-state index contributed by atoms with van der Waals surface area (Å²) in [5, 5.41) is 3.10. The van der Waals surface area contributed by atoms with Gasteiger partial charge in [0.25, 0.3) is 0 Å². The quantitative estimate of drug-likeness (QED) is 0.788. The summed E-state index contributed by atoms with van der Waals surface area (Å²) in [5.74, 6) is 1.49. The Morgan fingerprint density at radius 1 is 1.30 bits per heavy atom. The Balaban J connectivity index is 1.83. The molecule has 0 radical (unpaired) electrons. The number of rotatable bonds is 6. The molecule has 1 atom stereocenters. The van der Waals surface area contributed by atoms with Gasteiger partial charge in [-0.15, -0.1) is 11.8 Å². The molecule has 7 heteroatoms. The largest absolute Gasteiger partial charge is 0.491 e. The van der Waals surface area contributed by atoms with Crippen LogP contribution >= 0.6 is 11.8 Å². The highest BCUT2D eigenvalue weighted by Crippen LogP contribution is 2.19. The van der Waals surface area contributed by atoms with E-state index >= 15 is 0 Å². The minimum absolute atomic E-state index is 0.0528. The second kappa shape index (κ2) is 6.95. The van der Waals surface area contributed by atoms with Gasteiger partial charge in [0, 0.05) is 4.90 Å². The van der Waals surface area contributed by atoms with Crippen molar-refractivity contribution in [2.45, 2.75) is 17.9 Å². The first-order chi connectivity index (χ1) is 9.67. The van der Waals surface area contributed by atoms with E-state index in [2.05, 4.69) is 20.3 Å². The van der Waals surface area contributed by atoms with Gasteiger partial charge in [-0.25, -0.2) is 9.97 Å². The summed E-state index contributed by atoms with van der Waals surface area (Å²) in [5.41, 5.74) is 5.49. The fourth-order valence-electron chi connectivity index (χ4n) is 1.53. The summed E-state index contributed by atoms with van der Waals surface area (Å²) < 4.78 is 5.70. The maximum atomic E-state index is 5.70. The van der Waals surface area contributed by atoms with Crippen molar-refractivity contribution < 1.29 is 4.74 Å². The smallest absolute Gasteiger partial charge is 0.227 e. The van der Waals surface area contributed by atoms with Gasteiger partial charge in [-0.3, -0.25) is 0 Å². The normalized spacial score (nSPS) is 11.9. The lowest BCUT2D eigenvalue weighted by Gasteiger charge is -2.14. The fraction of sp³-hybridized carbons (Fsp3) is 0.308. The van der Waals surface area contributed by atoms with Crippen LogP contribution in [0.25, 0.3) is 0 Å². The first kappa shape index (κ1) is 14.4. The number of benzene rings is 1. The molecule has 2 rings (SSSR count). The molecule has 0 aliphatic heterocycles. The molecule has 0 saturated heterocycles. The van der Waals surface area contributed by atoms with Gasteiger partial charge >= 0.3 is 0 Å². The van der Waals surface area contributed by atoms with Crippen molar-refractivity contribution in [3.63, 3.8) is 0 Å². The molecular formula is C13H17N5OS. The maximum absolute atomic E-state index is 5.70. The van der Waals surface area contributed by atoms with Gasteiger partial charge in [0.2, 0.25) is 11.9 Å². The van der Waals surface area contributed by atoms with Crippen LogP contribution in [0.15, 0.2) is 35.5 Å². The first-order valence-electron chi connectivity index (χ1n) is 6.15. The summed E-state index contributed by atoms with van der Waals surface area (Å²) in [6, 6.07) is 8.03. The standard InChI is InChI=1S/C13H17N5OS/c1-9(17-13-16-8-15-12(14)18-13)7-19-10-3-5-11(20-2)6-4-10/h3-6,8-9H,7H2,1-2H3,(H3,14,15,16,17,18). The summed E-state index contributed by atoms with van der Waals surface area (Å²) in [6.45, 7) is 2.49. The molecule has 1 heterocycles. The van der Waals surface area contributed by atoms with Crippen LogP contribution < -0.4 is 15.8 Å².